The standard InChI is InChI=1S/C23H25N3O5/c1-16(20(28)25(3)14-17-10-6-4-7-11-17)31-19(27)15-26-21(29)23(2,24-22(26)30)18-12-8-5-9-13-18/h4-13,16H,14-15H2,1-3H3,(H,24,30)/t16-,23-/m1/s1. The van der Waals surface area contributed by atoms with E-state index in [0.29, 0.717) is 12.1 Å². The Morgan fingerprint density at radius 3 is 2.26 bits per heavy atom. The van der Waals surface area contributed by atoms with Crippen molar-refractivity contribution in [2.75, 3.05) is 13.6 Å². The Kier molecular flexibility index (Phi) is 6.39. The van der Waals surface area contributed by atoms with Gasteiger partial charge in [0.1, 0.15) is 12.1 Å². The number of rotatable bonds is 7. The van der Waals surface area contributed by atoms with Gasteiger partial charge in [-0.15, -0.1) is 0 Å². The van der Waals surface area contributed by atoms with Gasteiger partial charge >= 0.3 is 12.0 Å². The number of carbonyl (C=O) groups excluding carboxylic acids is 4. The van der Waals surface area contributed by atoms with E-state index in [2.05, 4.69) is 5.32 Å². The second-order valence-electron chi connectivity index (χ2n) is 7.62. The average molecular weight is 423 g/mol. The third-order valence-corrected chi connectivity index (χ3v) is 5.21. The molecule has 2 aromatic carbocycles. The molecule has 8 heteroatoms. The second kappa shape index (κ2) is 8.99. The molecule has 31 heavy (non-hydrogen) atoms. The van der Waals surface area contributed by atoms with Crippen LogP contribution in [0.15, 0.2) is 60.7 Å². The number of benzene rings is 2. The summed E-state index contributed by atoms with van der Waals surface area (Å²) in [4.78, 5) is 52.4. The molecule has 1 N–H and O–H groups in total. The quantitative estimate of drug-likeness (QED) is 0.543. The number of urea groups is 1. The van der Waals surface area contributed by atoms with Gasteiger partial charge in [0.2, 0.25) is 0 Å². The van der Waals surface area contributed by atoms with Crippen LogP contribution in [0.25, 0.3) is 0 Å². The molecular weight excluding hydrogens is 398 g/mol. The molecular formula is C23H25N3O5. The summed E-state index contributed by atoms with van der Waals surface area (Å²) >= 11 is 0. The van der Waals surface area contributed by atoms with Crippen LogP contribution in [-0.2, 0) is 31.2 Å². The lowest BCUT2D eigenvalue weighted by atomic mass is 9.92. The van der Waals surface area contributed by atoms with E-state index in [9.17, 15) is 19.2 Å². The van der Waals surface area contributed by atoms with Crippen LogP contribution in [-0.4, -0.2) is 53.3 Å². The summed E-state index contributed by atoms with van der Waals surface area (Å²) in [5, 5.41) is 2.63. The number of ether oxygens (including phenoxy) is 1. The van der Waals surface area contributed by atoms with Crippen molar-refractivity contribution in [3.63, 3.8) is 0 Å². The largest absolute Gasteiger partial charge is 0.451 e. The van der Waals surface area contributed by atoms with Gasteiger partial charge < -0.3 is 15.0 Å². The summed E-state index contributed by atoms with van der Waals surface area (Å²) in [5.74, 6) is -1.78. The lowest BCUT2D eigenvalue weighted by Gasteiger charge is -2.23. The van der Waals surface area contributed by atoms with E-state index in [-0.39, 0.29) is 5.91 Å². The van der Waals surface area contributed by atoms with Gasteiger partial charge in [0.15, 0.2) is 6.10 Å². The molecule has 1 saturated heterocycles. The highest BCUT2D eigenvalue weighted by molar-refractivity contribution is 6.08. The molecule has 0 saturated carbocycles. The van der Waals surface area contributed by atoms with E-state index in [0.717, 1.165) is 10.5 Å². The number of hydrogen-bond acceptors (Lipinski definition) is 5. The first kappa shape index (κ1) is 22.0. The molecule has 2 atom stereocenters. The third kappa shape index (κ3) is 4.74. The topological polar surface area (TPSA) is 96.0 Å². The Morgan fingerprint density at radius 1 is 1.06 bits per heavy atom. The van der Waals surface area contributed by atoms with E-state index in [1.807, 2.05) is 30.3 Å². The van der Waals surface area contributed by atoms with Crippen LogP contribution in [0.5, 0.6) is 0 Å². The van der Waals surface area contributed by atoms with Crippen molar-refractivity contribution in [3.05, 3.63) is 71.8 Å². The highest BCUT2D eigenvalue weighted by atomic mass is 16.5. The molecule has 0 radical (unpaired) electrons. The molecule has 1 heterocycles. The van der Waals surface area contributed by atoms with Gasteiger partial charge in [-0.25, -0.2) is 4.79 Å². The molecule has 1 aliphatic heterocycles. The fourth-order valence-electron chi connectivity index (χ4n) is 3.47. The van der Waals surface area contributed by atoms with Crippen LogP contribution < -0.4 is 5.32 Å². The molecule has 1 fully saturated rings. The minimum Gasteiger partial charge on any atom is -0.451 e. The number of esters is 1. The number of imide groups is 1. The Hall–Kier alpha value is -3.68. The monoisotopic (exact) mass is 423 g/mol. The number of nitrogens with zero attached hydrogens (tertiary/aromatic N) is 2. The van der Waals surface area contributed by atoms with Crippen molar-refractivity contribution in [1.82, 2.24) is 15.1 Å². The van der Waals surface area contributed by atoms with Crippen LogP contribution in [0.1, 0.15) is 25.0 Å². The molecule has 162 valence electrons. The van der Waals surface area contributed by atoms with Crippen LogP contribution in [0.3, 0.4) is 0 Å². The van der Waals surface area contributed by atoms with Gasteiger partial charge in [-0.3, -0.25) is 19.3 Å². The SMILES string of the molecule is C[C@@H](OC(=O)CN1C(=O)N[C@](C)(c2ccccc2)C1=O)C(=O)N(C)Cc1ccccc1. The van der Waals surface area contributed by atoms with Gasteiger partial charge in [0, 0.05) is 13.6 Å². The van der Waals surface area contributed by atoms with Crippen LogP contribution in [0.4, 0.5) is 4.79 Å². The van der Waals surface area contributed by atoms with E-state index < -0.39 is 36.1 Å². The Bertz CT molecular complexity index is 979. The van der Waals surface area contributed by atoms with Crippen LogP contribution in [0, 0.1) is 0 Å². The maximum atomic E-state index is 12.9. The molecule has 0 unspecified atom stereocenters. The van der Waals surface area contributed by atoms with Crippen LogP contribution >= 0.6 is 0 Å². The van der Waals surface area contributed by atoms with Gasteiger partial charge in [-0.05, 0) is 25.0 Å². The lowest BCUT2D eigenvalue weighted by Crippen LogP contribution is -2.43. The molecule has 0 spiro atoms. The highest BCUT2D eigenvalue weighted by Gasteiger charge is 2.49. The Balaban J connectivity index is 1.59. The van der Waals surface area contributed by atoms with Crippen molar-refractivity contribution >= 4 is 23.8 Å². The molecule has 8 nitrogen and oxygen atoms in total. The molecule has 4 amide bonds. The summed E-state index contributed by atoms with van der Waals surface area (Å²) in [6.45, 7) is 2.83. The first-order valence-electron chi connectivity index (χ1n) is 9.90. The summed E-state index contributed by atoms with van der Waals surface area (Å²) in [6.07, 6.45) is -1.05. The van der Waals surface area contributed by atoms with Crippen molar-refractivity contribution < 1.29 is 23.9 Å². The Labute approximate surface area is 180 Å². The van der Waals surface area contributed by atoms with Crippen LogP contribution in [0.2, 0.25) is 0 Å². The fraction of sp³-hybridized carbons (Fsp3) is 0.304. The number of amides is 4. The molecule has 0 aromatic heterocycles. The highest BCUT2D eigenvalue weighted by Crippen LogP contribution is 2.28. The zero-order valence-corrected chi connectivity index (χ0v) is 17.7. The van der Waals surface area contributed by atoms with Gasteiger partial charge in [-0.1, -0.05) is 60.7 Å². The van der Waals surface area contributed by atoms with Gasteiger partial charge in [0.05, 0.1) is 0 Å². The Morgan fingerprint density at radius 2 is 1.65 bits per heavy atom. The average Bonchev–Trinajstić information content (AvgIpc) is 2.98. The van der Waals surface area contributed by atoms with Gasteiger partial charge in [0.25, 0.3) is 11.8 Å². The first-order valence-corrected chi connectivity index (χ1v) is 9.90. The molecule has 2 aromatic rings. The number of carbonyl (C=O) groups is 4. The smallest absolute Gasteiger partial charge is 0.327 e. The number of likely N-dealkylation sites (N-methyl/N-ethyl adjacent to an activating group) is 1. The summed E-state index contributed by atoms with van der Waals surface area (Å²) in [5.41, 5.74) is 0.280. The number of nitrogens with one attached hydrogen (secondary N) is 1. The minimum atomic E-state index is -1.27. The normalized spacial score (nSPS) is 19.0. The predicted octanol–water partition coefficient (Wildman–Crippen LogP) is 2.04. The lowest BCUT2D eigenvalue weighted by molar-refractivity contribution is -0.160. The minimum absolute atomic E-state index is 0.365. The second-order valence-corrected chi connectivity index (χ2v) is 7.62. The maximum Gasteiger partial charge on any atom is 0.327 e. The van der Waals surface area contributed by atoms with E-state index in [4.69, 9.17) is 4.74 Å². The fourth-order valence-corrected chi connectivity index (χ4v) is 3.47. The van der Waals surface area contributed by atoms with Crippen molar-refractivity contribution in [3.8, 4) is 0 Å². The van der Waals surface area contributed by atoms with Crippen molar-refractivity contribution in [1.29, 1.82) is 0 Å². The summed E-state index contributed by atoms with van der Waals surface area (Å²) < 4.78 is 5.20. The summed E-state index contributed by atoms with van der Waals surface area (Å²) in [7, 11) is 1.61. The maximum absolute atomic E-state index is 12.9. The molecule has 1 aliphatic rings. The third-order valence-electron chi connectivity index (χ3n) is 5.21. The molecule has 0 aliphatic carbocycles. The van der Waals surface area contributed by atoms with E-state index in [1.165, 1.54) is 11.8 Å². The van der Waals surface area contributed by atoms with E-state index in [1.54, 1.807) is 44.3 Å². The van der Waals surface area contributed by atoms with Gasteiger partial charge in [-0.2, -0.15) is 0 Å². The number of hydrogen-bond donors (Lipinski definition) is 1. The summed E-state index contributed by atoms with van der Waals surface area (Å²) in [6, 6.07) is 17.5. The zero-order chi connectivity index (χ0) is 22.6. The predicted molar refractivity (Wildman–Crippen MR) is 113 cm³/mol. The van der Waals surface area contributed by atoms with Crippen molar-refractivity contribution in [2.45, 2.75) is 32.0 Å². The molecule has 0 bridgehead atoms. The van der Waals surface area contributed by atoms with Crippen molar-refractivity contribution in [2.24, 2.45) is 0 Å². The van der Waals surface area contributed by atoms with E-state index >= 15 is 0 Å². The first-order chi connectivity index (χ1) is 14.7. The molecule has 3 rings (SSSR count). The zero-order valence-electron chi connectivity index (χ0n) is 17.7.